The summed E-state index contributed by atoms with van der Waals surface area (Å²) in [5.41, 5.74) is 4.47. The number of likely N-dealkylation sites (N-methyl/N-ethyl adjacent to an activating group) is 2. The second-order valence-corrected chi connectivity index (χ2v) is 14.7. The maximum atomic E-state index is 10.7. The Morgan fingerprint density at radius 1 is 0.482 bits per heavy atom. The molecule has 2 fully saturated rings. The van der Waals surface area contributed by atoms with Crippen molar-refractivity contribution in [3.05, 3.63) is 119 Å². The molecule has 0 aromatic heterocycles. The van der Waals surface area contributed by atoms with Gasteiger partial charge >= 0.3 is 0 Å². The number of aliphatic hydroxyl groups excluding tert-OH is 2. The lowest BCUT2D eigenvalue weighted by Crippen LogP contribution is -2.35. The summed E-state index contributed by atoms with van der Waals surface area (Å²) < 4.78 is 34.9. The summed E-state index contributed by atoms with van der Waals surface area (Å²) in [5, 5.41) is 21.3. The third-order valence-electron chi connectivity index (χ3n) is 10.6. The summed E-state index contributed by atoms with van der Waals surface area (Å²) in [6.07, 6.45) is -0.819. The fourth-order valence-electron chi connectivity index (χ4n) is 7.00. The van der Waals surface area contributed by atoms with E-state index in [1.807, 2.05) is 48.5 Å². The van der Waals surface area contributed by atoms with Gasteiger partial charge in [-0.3, -0.25) is 0 Å². The number of aliphatic hydroxyl groups is 2. The van der Waals surface area contributed by atoms with Gasteiger partial charge in [0.1, 0.15) is 73.8 Å². The first-order chi connectivity index (χ1) is 27.3. The van der Waals surface area contributed by atoms with E-state index in [4.69, 9.17) is 28.4 Å². The molecule has 0 saturated carbocycles. The van der Waals surface area contributed by atoms with Crippen molar-refractivity contribution in [1.82, 2.24) is 9.80 Å². The van der Waals surface area contributed by atoms with E-state index in [2.05, 4.69) is 86.0 Å². The SMILES string of the molecule is CCN(CC)CC(O)COc1ccc(C(c2ccc(OCC3CO3)cc2)C(c2ccc(OCC(O)CN(CC)CC)cc2)c2ccc(OCC3CO3)cc2)cc1. The van der Waals surface area contributed by atoms with Crippen LogP contribution >= 0.6 is 0 Å². The van der Waals surface area contributed by atoms with Crippen LogP contribution in [0.25, 0.3) is 0 Å². The highest BCUT2D eigenvalue weighted by molar-refractivity contribution is 5.48. The molecule has 2 N–H and O–H groups in total. The van der Waals surface area contributed by atoms with Crippen LogP contribution in [0, 0.1) is 0 Å². The topological polar surface area (TPSA) is 109 Å². The van der Waals surface area contributed by atoms with Gasteiger partial charge in [0.05, 0.1) is 13.2 Å². The van der Waals surface area contributed by atoms with Crippen molar-refractivity contribution in [2.45, 2.75) is 63.9 Å². The molecule has 2 aliphatic heterocycles. The lowest BCUT2D eigenvalue weighted by molar-refractivity contribution is 0.0715. The van der Waals surface area contributed by atoms with Gasteiger partial charge in [0.15, 0.2) is 0 Å². The van der Waals surface area contributed by atoms with E-state index in [-0.39, 0.29) is 37.3 Å². The molecule has 6 unspecified atom stereocenters. The molecule has 0 radical (unpaired) electrons. The molecule has 6 rings (SSSR count). The van der Waals surface area contributed by atoms with E-state index in [1.165, 1.54) is 0 Å². The van der Waals surface area contributed by atoms with Crippen molar-refractivity contribution >= 4 is 0 Å². The molecule has 10 nitrogen and oxygen atoms in total. The Balaban J connectivity index is 1.29. The number of epoxide rings is 2. The van der Waals surface area contributed by atoms with Gasteiger partial charge in [-0.05, 0) is 97.0 Å². The Labute approximate surface area is 332 Å². The summed E-state index contributed by atoms with van der Waals surface area (Å²) in [6.45, 7) is 16.1. The molecule has 6 atom stereocenters. The minimum Gasteiger partial charge on any atom is -0.491 e. The van der Waals surface area contributed by atoms with E-state index in [9.17, 15) is 10.2 Å². The van der Waals surface area contributed by atoms with Gasteiger partial charge in [-0.1, -0.05) is 76.2 Å². The summed E-state index contributed by atoms with van der Waals surface area (Å²) in [4.78, 5) is 4.38. The first-order valence-corrected chi connectivity index (χ1v) is 20.3. The van der Waals surface area contributed by atoms with Gasteiger partial charge in [-0.25, -0.2) is 0 Å². The number of hydrogen-bond acceptors (Lipinski definition) is 10. The molecule has 10 heteroatoms. The zero-order valence-electron chi connectivity index (χ0n) is 33.4. The van der Waals surface area contributed by atoms with Crippen LogP contribution < -0.4 is 18.9 Å². The monoisotopic (exact) mass is 768 g/mol. The fourth-order valence-corrected chi connectivity index (χ4v) is 7.00. The lowest BCUT2D eigenvalue weighted by Gasteiger charge is -2.30. The highest BCUT2D eigenvalue weighted by atomic mass is 16.6. The predicted molar refractivity (Wildman–Crippen MR) is 219 cm³/mol. The van der Waals surface area contributed by atoms with Crippen molar-refractivity contribution in [3.63, 3.8) is 0 Å². The normalized spacial score (nSPS) is 18.3. The summed E-state index contributed by atoms with van der Waals surface area (Å²) in [6, 6.07) is 33.2. The van der Waals surface area contributed by atoms with Crippen LogP contribution in [0.2, 0.25) is 0 Å². The number of rotatable bonds is 25. The second-order valence-electron chi connectivity index (χ2n) is 14.7. The van der Waals surface area contributed by atoms with Crippen LogP contribution in [0.1, 0.15) is 61.8 Å². The van der Waals surface area contributed by atoms with Crippen molar-refractivity contribution in [1.29, 1.82) is 0 Å². The second kappa shape index (κ2) is 20.8. The van der Waals surface area contributed by atoms with Gasteiger partial charge in [0, 0.05) is 24.9 Å². The third-order valence-corrected chi connectivity index (χ3v) is 10.6. The molecule has 2 saturated heterocycles. The minimum absolute atomic E-state index is 0.104. The zero-order chi connectivity index (χ0) is 39.3. The summed E-state index contributed by atoms with van der Waals surface area (Å²) in [7, 11) is 0. The van der Waals surface area contributed by atoms with E-state index < -0.39 is 12.2 Å². The lowest BCUT2D eigenvalue weighted by atomic mass is 9.73. The average molecular weight is 769 g/mol. The molecule has 0 spiro atoms. The Morgan fingerprint density at radius 3 is 1.00 bits per heavy atom. The van der Waals surface area contributed by atoms with Crippen LogP contribution in [0.3, 0.4) is 0 Å². The maximum absolute atomic E-state index is 10.7. The smallest absolute Gasteiger partial charge is 0.119 e. The fraction of sp³-hybridized carbons (Fsp3) is 0.478. The molecule has 4 aromatic rings. The van der Waals surface area contributed by atoms with Gasteiger partial charge in [0.2, 0.25) is 0 Å². The van der Waals surface area contributed by atoms with Crippen LogP contribution in [0.15, 0.2) is 97.1 Å². The van der Waals surface area contributed by atoms with Crippen LogP contribution in [-0.2, 0) is 9.47 Å². The first-order valence-electron chi connectivity index (χ1n) is 20.3. The highest BCUT2D eigenvalue weighted by Gasteiger charge is 2.30. The quantitative estimate of drug-likeness (QED) is 0.0739. The molecule has 0 amide bonds. The summed E-state index contributed by atoms with van der Waals surface area (Å²) >= 11 is 0. The average Bonchev–Trinajstić information content (AvgIpc) is 4.19. The predicted octanol–water partition coefficient (Wildman–Crippen LogP) is 6.37. The minimum atomic E-state index is -0.583. The van der Waals surface area contributed by atoms with Crippen LogP contribution in [0.4, 0.5) is 0 Å². The van der Waals surface area contributed by atoms with Crippen LogP contribution in [0.5, 0.6) is 23.0 Å². The first kappa shape index (κ1) is 41.5. The molecule has 2 aliphatic rings. The Hall–Kier alpha value is -4.16. The Morgan fingerprint density at radius 2 is 0.750 bits per heavy atom. The van der Waals surface area contributed by atoms with Crippen LogP contribution in [-0.4, -0.2) is 123 Å². The molecular weight excluding hydrogens is 709 g/mol. The van der Waals surface area contributed by atoms with Gasteiger partial charge in [-0.15, -0.1) is 0 Å². The van der Waals surface area contributed by atoms with E-state index in [0.29, 0.717) is 37.8 Å². The van der Waals surface area contributed by atoms with Gasteiger partial charge in [-0.2, -0.15) is 0 Å². The summed E-state index contributed by atoms with van der Waals surface area (Å²) in [5.74, 6) is 2.81. The molecule has 56 heavy (non-hydrogen) atoms. The largest absolute Gasteiger partial charge is 0.491 e. The molecule has 2 heterocycles. The molecule has 4 aromatic carbocycles. The van der Waals surface area contributed by atoms with Gasteiger partial charge in [0.25, 0.3) is 0 Å². The van der Waals surface area contributed by atoms with E-state index in [1.54, 1.807) is 0 Å². The molecule has 0 aliphatic carbocycles. The maximum Gasteiger partial charge on any atom is 0.119 e. The van der Waals surface area contributed by atoms with E-state index in [0.717, 1.165) is 73.1 Å². The Kier molecular flexibility index (Phi) is 15.4. The Bertz CT molecular complexity index is 1580. The number of nitrogens with zero attached hydrogens (tertiary/aromatic N) is 2. The van der Waals surface area contributed by atoms with Crippen molar-refractivity contribution < 1.29 is 38.6 Å². The number of benzene rings is 4. The number of hydrogen-bond donors (Lipinski definition) is 2. The van der Waals surface area contributed by atoms with Crippen molar-refractivity contribution in [2.75, 3.05) is 78.9 Å². The number of ether oxygens (including phenoxy) is 6. The van der Waals surface area contributed by atoms with Crippen molar-refractivity contribution in [3.8, 4) is 23.0 Å². The third kappa shape index (κ3) is 12.4. The zero-order valence-corrected chi connectivity index (χ0v) is 33.4. The van der Waals surface area contributed by atoms with E-state index >= 15 is 0 Å². The highest BCUT2D eigenvalue weighted by Crippen LogP contribution is 2.44. The van der Waals surface area contributed by atoms with Crippen molar-refractivity contribution in [2.24, 2.45) is 0 Å². The standard InChI is InChI=1S/C46H60N2O8/c1-5-47(6-2)25-37(49)27-51-39-17-9-33(10-18-39)45(35-13-21-41(22-14-35)53-29-43-31-55-43)46(36-15-23-42(24-16-36)54-30-44-32-56-44)34-11-19-40(20-12-34)52-28-38(50)26-48(7-3)8-4/h9-24,37-38,43-46,49-50H,5-8,25-32H2,1-4H3. The van der Waals surface area contributed by atoms with Gasteiger partial charge < -0.3 is 48.4 Å². The molecule has 0 bridgehead atoms. The molecular formula is C46H60N2O8. The molecule has 302 valence electrons.